The van der Waals surface area contributed by atoms with Crippen LogP contribution in [0.1, 0.15) is 27.2 Å². The SMILES string of the molecule is COC(=O)C[C@H]1C(C)[C@@H](O)C(O)C2C(C)(C(=O)OC)C=CC21C. The average molecular weight is 326 g/mol. The van der Waals surface area contributed by atoms with E-state index in [0.29, 0.717) is 0 Å². The van der Waals surface area contributed by atoms with E-state index >= 15 is 0 Å². The van der Waals surface area contributed by atoms with Crippen molar-refractivity contribution in [2.75, 3.05) is 14.2 Å². The topological polar surface area (TPSA) is 93.1 Å². The molecule has 6 heteroatoms. The zero-order valence-corrected chi connectivity index (χ0v) is 14.3. The van der Waals surface area contributed by atoms with Crippen molar-refractivity contribution < 1.29 is 29.3 Å². The predicted molar refractivity (Wildman–Crippen MR) is 82.2 cm³/mol. The van der Waals surface area contributed by atoms with Gasteiger partial charge in [-0.25, -0.2) is 0 Å². The zero-order chi connectivity index (χ0) is 17.6. The van der Waals surface area contributed by atoms with Crippen LogP contribution < -0.4 is 0 Å². The van der Waals surface area contributed by atoms with Crippen molar-refractivity contribution in [3.05, 3.63) is 12.2 Å². The van der Waals surface area contributed by atoms with Gasteiger partial charge in [0.05, 0.1) is 31.8 Å². The molecule has 130 valence electrons. The molecule has 6 nitrogen and oxygen atoms in total. The van der Waals surface area contributed by atoms with Crippen molar-refractivity contribution in [2.45, 2.75) is 39.4 Å². The minimum absolute atomic E-state index is 0.121. The van der Waals surface area contributed by atoms with Crippen LogP contribution >= 0.6 is 0 Å². The fourth-order valence-electron chi connectivity index (χ4n) is 4.68. The first-order chi connectivity index (χ1) is 10.6. The third-order valence-corrected chi connectivity index (χ3v) is 6.01. The normalized spacial score (nSPS) is 45.4. The summed E-state index contributed by atoms with van der Waals surface area (Å²) >= 11 is 0. The summed E-state index contributed by atoms with van der Waals surface area (Å²) in [6.45, 7) is 5.43. The number of methoxy groups -OCH3 is 2. The van der Waals surface area contributed by atoms with Crippen LogP contribution in [0.5, 0.6) is 0 Å². The van der Waals surface area contributed by atoms with E-state index in [1.54, 1.807) is 13.0 Å². The summed E-state index contributed by atoms with van der Waals surface area (Å²) in [6.07, 6.45) is 1.64. The van der Waals surface area contributed by atoms with Crippen LogP contribution in [-0.2, 0) is 19.1 Å². The quantitative estimate of drug-likeness (QED) is 0.591. The number of fused-ring (bicyclic) bond motifs is 1. The molecule has 0 aromatic rings. The van der Waals surface area contributed by atoms with E-state index in [1.807, 2.05) is 19.9 Å². The number of allylic oxidation sites excluding steroid dienone is 1. The standard InChI is InChI=1S/C17H26O6/c1-9-10(8-11(18)22-4)16(2)6-7-17(3,15(21)23-5)14(16)13(20)12(9)19/h6-7,9-10,12-14,19-20H,8H2,1-5H3/t9?,10-,12+,13?,14?,16?,17?/m0/s1. The lowest BCUT2D eigenvalue weighted by Gasteiger charge is -2.53. The first kappa shape index (κ1) is 17.9. The number of carbonyl (C=O) groups is 2. The molecule has 2 aliphatic carbocycles. The van der Waals surface area contributed by atoms with Crippen LogP contribution in [0.2, 0.25) is 0 Å². The molecule has 1 fully saturated rings. The van der Waals surface area contributed by atoms with E-state index in [2.05, 4.69) is 0 Å². The van der Waals surface area contributed by atoms with E-state index in [4.69, 9.17) is 9.47 Å². The van der Waals surface area contributed by atoms with Crippen molar-refractivity contribution in [1.29, 1.82) is 0 Å². The second-order valence-electron chi connectivity index (χ2n) is 7.18. The molecule has 0 spiro atoms. The number of carbonyl (C=O) groups excluding carboxylic acids is 2. The summed E-state index contributed by atoms with van der Waals surface area (Å²) in [6, 6.07) is 0. The summed E-state index contributed by atoms with van der Waals surface area (Å²) in [5.41, 5.74) is -1.66. The van der Waals surface area contributed by atoms with Crippen molar-refractivity contribution in [3.8, 4) is 0 Å². The van der Waals surface area contributed by atoms with Gasteiger partial charge in [-0.05, 0) is 24.2 Å². The van der Waals surface area contributed by atoms with E-state index < -0.39 is 34.9 Å². The molecule has 0 aromatic carbocycles. The Labute approximate surface area is 136 Å². The molecular formula is C17H26O6. The Balaban J connectivity index is 2.48. The molecule has 2 N–H and O–H groups in total. The Morgan fingerprint density at radius 3 is 2.22 bits per heavy atom. The Morgan fingerprint density at radius 1 is 1.09 bits per heavy atom. The maximum Gasteiger partial charge on any atom is 0.315 e. The lowest BCUT2D eigenvalue weighted by Crippen LogP contribution is -2.60. The molecule has 1 saturated carbocycles. The smallest absolute Gasteiger partial charge is 0.315 e. The number of hydrogen-bond donors (Lipinski definition) is 2. The van der Waals surface area contributed by atoms with Gasteiger partial charge in [0, 0.05) is 12.3 Å². The molecule has 2 rings (SSSR count). The largest absolute Gasteiger partial charge is 0.469 e. The van der Waals surface area contributed by atoms with Crippen molar-refractivity contribution in [3.63, 3.8) is 0 Å². The van der Waals surface area contributed by atoms with Gasteiger partial charge in [-0.2, -0.15) is 0 Å². The molecule has 0 radical (unpaired) electrons. The van der Waals surface area contributed by atoms with Crippen molar-refractivity contribution >= 4 is 11.9 Å². The van der Waals surface area contributed by atoms with Crippen LogP contribution in [0, 0.1) is 28.6 Å². The third-order valence-electron chi connectivity index (χ3n) is 6.01. The summed E-state index contributed by atoms with van der Waals surface area (Å²) < 4.78 is 9.68. The number of aliphatic hydroxyl groups excluding tert-OH is 2. The van der Waals surface area contributed by atoms with Crippen LogP contribution in [0.3, 0.4) is 0 Å². The minimum atomic E-state index is -1.08. The van der Waals surface area contributed by atoms with Gasteiger partial charge in [0.2, 0.25) is 0 Å². The maximum absolute atomic E-state index is 12.3. The van der Waals surface area contributed by atoms with Crippen molar-refractivity contribution in [1.82, 2.24) is 0 Å². The Hall–Kier alpha value is -1.40. The Bertz CT molecular complexity index is 529. The summed E-state index contributed by atoms with van der Waals surface area (Å²) in [7, 11) is 2.63. The molecule has 7 atom stereocenters. The average Bonchev–Trinajstić information content (AvgIpc) is 2.82. The molecule has 0 bridgehead atoms. The summed E-state index contributed by atoms with van der Waals surface area (Å²) in [4.78, 5) is 24.1. The highest BCUT2D eigenvalue weighted by Gasteiger charge is 2.64. The first-order valence-corrected chi connectivity index (χ1v) is 7.85. The van der Waals surface area contributed by atoms with Crippen molar-refractivity contribution in [2.24, 2.45) is 28.6 Å². The molecular weight excluding hydrogens is 300 g/mol. The fraction of sp³-hybridized carbons (Fsp3) is 0.765. The maximum atomic E-state index is 12.3. The second-order valence-corrected chi connectivity index (χ2v) is 7.18. The minimum Gasteiger partial charge on any atom is -0.469 e. The Kier molecular flexibility index (Phi) is 4.61. The lowest BCUT2D eigenvalue weighted by molar-refractivity contribution is -0.184. The second kappa shape index (κ2) is 5.91. The van der Waals surface area contributed by atoms with Crippen LogP contribution in [0.25, 0.3) is 0 Å². The Morgan fingerprint density at radius 2 is 1.70 bits per heavy atom. The fourth-order valence-corrected chi connectivity index (χ4v) is 4.68. The molecule has 0 heterocycles. The van der Waals surface area contributed by atoms with Gasteiger partial charge >= 0.3 is 11.9 Å². The van der Waals surface area contributed by atoms with E-state index in [-0.39, 0.29) is 24.2 Å². The number of ether oxygens (including phenoxy) is 2. The van der Waals surface area contributed by atoms with E-state index in [1.165, 1.54) is 14.2 Å². The molecule has 2 aliphatic rings. The molecule has 23 heavy (non-hydrogen) atoms. The molecule has 0 aliphatic heterocycles. The van der Waals surface area contributed by atoms with Gasteiger partial charge in [-0.3, -0.25) is 9.59 Å². The van der Waals surface area contributed by atoms with Crippen LogP contribution in [0.4, 0.5) is 0 Å². The third kappa shape index (κ3) is 2.48. The van der Waals surface area contributed by atoms with Gasteiger partial charge in [0.25, 0.3) is 0 Å². The number of hydrogen-bond acceptors (Lipinski definition) is 6. The molecule has 0 aromatic heterocycles. The lowest BCUT2D eigenvalue weighted by atomic mass is 9.52. The molecule has 0 saturated heterocycles. The summed E-state index contributed by atoms with van der Waals surface area (Å²) in [5.74, 6) is -1.95. The van der Waals surface area contributed by atoms with Gasteiger partial charge in [0.1, 0.15) is 0 Å². The summed E-state index contributed by atoms with van der Waals surface area (Å²) in [5, 5.41) is 21.1. The number of rotatable bonds is 3. The highest BCUT2D eigenvalue weighted by atomic mass is 16.5. The van der Waals surface area contributed by atoms with Gasteiger partial charge < -0.3 is 19.7 Å². The molecule has 5 unspecified atom stereocenters. The highest BCUT2D eigenvalue weighted by Crippen LogP contribution is 2.61. The first-order valence-electron chi connectivity index (χ1n) is 7.85. The zero-order valence-electron chi connectivity index (χ0n) is 14.3. The van der Waals surface area contributed by atoms with Crippen LogP contribution in [-0.4, -0.2) is 48.6 Å². The highest BCUT2D eigenvalue weighted by molar-refractivity contribution is 5.80. The number of aliphatic hydroxyl groups is 2. The van der Waals surface area contributed by atoms with Gasteiger partial charge in [-0.1, -0.05) is 26.0 Å². The van der Waals surface area contributed by atoms with Crippen LogP contribution in [0.15, 0.2) is 12.2 Å². The van der Waals surface area contributed by atoms with E-state index in [0.717, 1.165) is 0 Å². The van der Waals surface area contributed by atoms with Gasteiger partial charge in [0.15, 0.2) is 0 Å². The van der Waals surface area contributed by atoms with Gasteiger partial charge in [-0.15, -0.1) is 0 Å². The van der Waals surface area contributed by atoms with E-state index in [9.17, 15) is 19.8 Å². The number of esters is 2. The monoisotopic (exact) mass is 326 g/mol. The molecule has 0 amide bonds. The predicted octanol–water partition coefficient (Wildman–Crippen LogP) is 0.909.